The van der Waals surface area contributed by atoms with Gasteiger partial charge in [-0.1, -0.05) is 37.3 Å². The van der Waals surface area contributed by atoms with E-state index in [4.69, 9.17) is 0 Å². The van der Waals surface area contributed by atoms with Gasteiger partial charge in [0, 0.05) is 32.1 Å². The van der Waals surface area contributed by atoms with Crippen molar-refractivity contribution in [3.05, 3.63) is 35.9 Å². The first-order valence-electron chi connectivity index (χ1n) is 10.3. The second-order valence-electron chi connectivity index (χ2n) is 8.09. The van der Waals surface area contributed by atoms with Crippen LogP contribution >= 0.6 is 0 Å². The molecule has 0 spiro atoms. The average Bonchev–Trinajstić information content (AvgIpc) is 2.69. The molecule has 3 rings (SSSR count). The molecule has 0 aliphatic carbocycles. The van der Waals surface area contributed by atoms with Crippen LogP contribution in [0.2, 0.25) is 0 Å². The molecule has 0 N–H and O–H groups in total. The van der Waals surface area contributed by atoms with E-state index in [-0.39, 0.29) is 17.6 Å². The van der Waals surface area contributed by atoms with Crippen LogP contribution in [-0.4, -0.2) is 55.5 Å². The molecule has 2 fully saturated rings. The van der Waals surface area contributed by atoms with E-state index in [0.717, 1.165) is 32.4 Å². The largest absolute Gasteiger partial charge is 0.342 e. The molecule has 0 atom stereocenters. The van der Waals surface area contributed by atoms with E-state index in [2.05, 4.69) is 6.92 Å². The van der Waals surface area contributed by atoms with Crippen molar-refractivity contribution in [1.29, 1.82) is 0 Å². The van der Waals surface area contributed by atoms with Gasteiger partial charge < -0.3 is 4.90 Å². The van der Waals surface area contributed by atoms with Crippen LogP contribution in [0, 0.1) is 11.8 Å². The fourth-order valence-corrected chi connectivity index (χ4v) is 5.64. The Kier molecular flexibility index (Phi) is 6.93. The fourth-order valence-electron chi connectivity index (χ4n) is 4.10. The zero-order valence-corrected chi connectivity index (χ0v) is 17.2. The number of piperidine rings is 2. The highest BCUT2D eigenvalue weighted by atomic mass is 32.2. The van der Waals surface area contributed by atoms with Crippen molar-refractivity contribution in [2.75, 3.05) is 31.9 Å². The normalized spacial score (nSPS) is 20.7. The predicted octanol–water partition coefficient (Wildman–Crippen LogP) is 2.92. The number of amides is 1. The highest BCUT2D eigenvalue weighted by molar-refractivity contribution is 7.89. The van der Waals surface area contributed by atoms with E-state index in [1.807, 2.05) is 35.2 Å². The zero-order chi connectivity index (χ0) is 19.3. The first-order chi connectivity index (χ1) is 13.0. The van der Waals surface area contributed by atoms with Crippen LogP contribution in [0.3, 0.4) is 0 Å². The number of carbonyl (C=O) groups excluding carboxylic acids is 1. The summed E-state index contributed by atoms with van der Waals surface area (Å²) in [6.07, 6.45) is 4.89. The molecule has 1 aromatic carbocycles. The Balaban J connectivity index is 1.44. The lowest BCUT2D eigenvalue weighted by atomic mass is 9.93. The first kappa shape index (κ1) is 20.3. The Labute approximate surface area is 163 Å². The highest BCUT2D eigenvalue weighted by Gasteiger charge is 2.33. The van der Waals surface area contributed by atoms with Gasteiger partial charge >= 0.3 is 0 Å². The summed E-state index contributed by atoms with van der Waals surface area (Å²) in [5.41, 5.74) is 1.17. The molecular formula is C21H32N2O3S. The van der Waals surface area contributed by atoms with Crippen LogP contribution in [0.15, 0.2) is 30.3 Å². The van der Waals surface area contributed by atoms with E-state index in [9.17, 15) is 13.2 Å². The number of nitrogens with zero attached hydrogens (tertiary/aromatic N) is 2. The van der Waals surface area contributed by atoms with Crippen molar-refractivity contribution in [3.8, 4) is 0 Å². The van der Waals surface area contributed by atoms with Gasteiger partial charge in [-0.2, -0.15) is 0 Å². The van der Waals surface area contributed by atoms with E-state index in [0.29, 0.717) is 38.3 Å². The summed E-state index contributed by atoms with van der Waals surface area (Å²) in [6.45, 7) is 4.92. The number of carbonyl (C=O) groups is 1. The Bertz CT molecular complexity index is 704. The molecule has 0 unspecified atom stereocenters. The minimum absolute atomic E-state index is 0.00539. The van der Waals surface area contributed by atoms with Gasteiger partial charge in [-0.05, 0) is 50.0 Å². The lowest BCUT2D eigenvalue weighted by Crippen LogP contribution is -2.46. The molecular weight excluding hydrogens is 360 g/mol. The molecule has 0 radical (unpaired) electrons. The van der Waals surface area contributed by atoms with Crippen molar-refractivity contribution in [3.63, 3.8) is 0 Å². The maximum absolute atomic E-state index is 12.7. The van der Waals surface area contributed by atoms with Crippen LogP contribution in [-0.2, 0) is 21.2 Å². The summed E-state index contributed by atoms with van der Waals surface area (Å²) >= 11 is 0. The Morgan fingerprint density at radius 3 is 2.26 bits per heavy atom. The van der Waals surface area contributed by atoms with Crippen molar-refractivity contribution >= 4 is 15.9 Å². The maximum Gasteiger partial charge on any atom is 0.225 e. The van der Waals surface area contributed by atoms with Gasteiger partial charge in [-0.3, -0.25) is 4.79 Å². The summed E-state index contributed by atoms with van der Waals surface area (Å²) in [4.78, 5) is 14.7. The molecule has 0 saturated carbocycles. The number of rotatable bonds is 6. The van der Waals surface area contributed by atoms with E-state index < -0.39 is 10.0 Å². The smallest absolute Gasteiger partial charge is 0.225 e. The fraction of sp³-hybridized carbons (Fsp3) is 0.667. The second kappa shape index (κ2) is 9.20. The van der Waals surface area contributed by atoms with Gasteiger partial charge in [0.05, 0.1) is 5.75 Å². The van der Waals surface area contributed by atoms with Crippen LogP contribution < -0.4 is 0 Å². The monoisotopic (exact) mass is 392 g/mol. The molecule has 150 valence electrons. The molecule has 2 aliphatic rings. The molecule has 27 heavy (non-hydrogen) atoms. The minimum atomic E-state index is -3.23. The number of aryl methyl sites for hydroxylation is 1. The third-order valence-corrected chi connectivity index (χ3v) is 7.96. The maximum atomic E-state index is 12.7. The molecule has 6 heteroatoms. The van der Waals surface area contributed by atoms with E-state index >= 15 is 0 Å². The van der Waals surface area contributed by atoms with Gasteiger partial charge in [0.1, 0.15) is 0 Å². The van der Waals surface area contributed by atoms with Gasteiger partial charge in [-0.15, -0.1) is 0 Å². The average molecular weight is 393 g/mol. The minimum Gasteiger partial charge on any atom is -0.342 e. The number of sulfonamides is 1. The summed E-state index contributed by atoms with van der Waals surface area (Å²) < 4.78 is 26.8. The van der Waals surface area contributed by atoms with E-state index in [1.165, 1.54) is 5.56 Å². The number of likely N-dealkylation sites (tertiary alicyclic amines) is 1. The molecule has 0 aromatic heterocycles. The van der Waals surface area contributed by atoms with Gasteiger partial charge in [-0.25, -0.2) is 12.7 Å². The zero-order valence-electron chi connectivity index (χ0n) is 16.3. The summed E-state index contributed by atoms with van der Waals surface area (Å²) in [5.74, 6) is 1.12. The van der Waals surface area contributed by atoms with Gasteiger partial charge in [0.25, 0.3) is 0 Å². The molecule has 2 heterocycles. The van der Waals surface area contributed by atoms with E-state index in [1.54, 1.807) is 4.31 Å². The topological polar surface area (TPSA) is 57.7 Å². The summed E-state index contributed by atoms with van der Waals surface area (Å²) in [6, 6.07) is 10.00. The van der Waals surface area contributed by atoms with Crippen LogP contribution in [0.4, 0.5) is 0 Å². The van der Waals surface area contributed by atoms with Crippen molar-refractivity contribution in [1.82, 2.24) is 9.21 Å². The van der Waals surface area contributed by atoms with Gasteiger partial charge in [0.2, 0.25) is 15.9 Å². The molecule has 2 saturated heterocycles. The van der Waals surface area contributed by atoms with Crippen molar-refractivity contribution in [2.45, 2.75) is 45.4 Å². The van der Waals surface area contributed by atoms with Crippen molar-refractivity contribution in [2.24, 2.45) is 11.8 Å². The Morgan fingerprint density at radius 1 is 1.00 bits per heavy atom. The summed E-state index contributed by atoms with van der Waals surface area (Å²) in [5, 5.41) is 0. The van der Waals surface area contributed by atoms with Crippen LogP contribution in [0.5, 0.6) is 0 Å². The predicted molar refractivity (Wildman–Crippen MR) is 108 cm³/mol. The molecule has 1 aromatic rings. The van der Waals surface area contributed by atoms with Crippen LogP contribution in [0.25, 0.3) is 0 Å². The second-order valence-corrected chi connectivity index (χ2v) is 10.2. The standard InChI is InChI=1S/C21H32N2O3S/c1-18-9-13-22(14-10-18)21(24)20-11-15-23(16-12-20)27(25,26)17-5-8-19-6-3-2-4-7-19/h2-4,6-7,18,20H,5,8-17H2,1H3. The Morgan fingerprint density at radius 2 is 1.63 bits per heavy atom. The lowest BCUT2D eigenvalue weighted by molar-refractivity contribution is -0.138. The molecule has 5 nitrogen and oxygen atoms in total. The van der Waals surface area contributed by atoms with Gasteiger partial charge in [0.15, 0.2) is 0 Å². The Hall–Kier alpha value is -1.40. The number of hydrogen-bond acceptors (Lipinski definition) is 3. The van der Waals surface area contributed by atoms with Crippen LogP contribution in [0.1, 0.15) is 44.6 Å². The summed E-state index contributed by atoms with van der Waals surface area (Å²) in [7, 11) is -3.23. The third kappa shape index (κ3) is 5.55. The molecule has 0 bridgehead atoms. The first-order valence-corrected chi connectivity index (χ1v) is 11.9. The van der Waals surface area contributed by atoms with Crippen molar-refractivity contribution < 1.29 is 13.2 Å². The number of benzene rings is 1. The third-order valence-electron chi connectivity index (χ3n) is 6.00. The SMILES string of the molecule is CC1CCN(C(=O)C2CCN(S(=O)(=O)CCCc3ccccc3)CC2)CC1. The highest BCUT2D eigenvalue weighted by Crippen LogP contribution is 2.25. The molecule has 1 amide bonds. The number of hydrogen-bond donors (Lipinski definition) is 0. The molecule has 2 aliphatic heterocycles. The quantitative estimate of drug-likeness (QED) is 0.748. The lowest BCUT2D eigenvalue weighted by Gasteiger charge is -2.36.